The molecule has 2 aromatic carbocycles. The van der Waals surface area contributed by atoms with Crippen molar-refractivity contribution in [1.82, 2.24) is 5.32 Å². The molecule has 0 aromatic heterocycles. The minimum Gasteiger partial charge on any atom is -0.325 e. The maximum atomic E-state index is 12.2. The molecular formula is C17H18Cl2N2O. The number of rotatable bonds is 5. The summed E-state index contributed by atoms with van der Waals surface area (Å²) >= 11 is 12.1. The number of halogens is 2. The van der Waals surface area contributed by atoms with E-state index in [0.717, 1.165) is 11.3 Å². The Labute approximate surface area is 140 Å². The summed E-state index contributed by atoms with van der Waals surface area (Å²) in [4.78, 5) is 12.2. The van der Waals surface area contributed by atoms with Crippen LogP contribution in [0.5, 0.6) is 0 Å². The lowest BCUT2D eigenvalue weighted by atomic mass is 10.1. The van der Waals surface area contributed by atoms with Gasteiger partial charge < -0.3 is 5.32 Å². The van der Waals surface area contributed by atoms with Gasteiger partial charge in [-0.2, -0.15) is 0 Å². The molecular weight excluding hydrogens is 319 g/mol. The van der Waals surface area contributed by atoms with Crippen molar-refractivity contribution in [2.75, 3.05) is 5.32 Å². The molecule has 1 amide bonds. The number of amides is 1. The number of para-hydroxylation sites is 1. The van der Waals surface area contributed by atoms with Gasteiger partial charge in [0.2, 0.25) is 5.91 Å². The van der Waals surface area contributed by atoms with E-state index in [1.165, 1.54) is 0 Å². The Morgan fingerprint density at radius 1 is 1.05 bits per heavy atom. The summed E-state index contributed by atoms with van der Waals surface area (Å²) < 4.78 is 0. The van der Waals surface area contributed by atoms with Gasteiger partial charge in [0, 0.05) is 21.8 Å². The molecule has 0 saturated carbocycles. The van der Waals surface area contributed by atoms with Crippen LogP contribution in [0.4, 0.5) is 5.69 Å². The minimum atomic E-state index is -0.359. The van der Waals surface area contributed by atoms with E-state index in [2.05, 4.69) is 10.6 Å². The third-order valence-electron chi connectivity index (χ3n) is 3.36. The van der Waals surface area contributed by atoms with Crippen molar-refractivity contribution < 1.29 is 4.79 Å². The second-order valence-electron chi connectivity index (χ2n) is 5.13. The van der Waals surface area contributed by atoms with E-state index in [1.807, 2.05) is 50.2 Å². The summed E-state index contributed by atoms with van der Waals surface area (Å²) in [5.74, 6) is -0.0943. The molecule has 2 atom stereocenters. The predicted molar refractivity (Wildman–Crippen MR) is 92.5 cm³/mol. The van der Waals surface area contributed by atoms with Crippen LogP contribution >= 0.6 is 23.2 Å². The minimum absolute atomic E-state index is 0.0682. The van der Waals surface area contributed by atoms with E-state index in [9.17, 15) is 4.79 Å². The van der Waals surface area contributed by atoms with Gasteiger partial charge >= 0.3 is 0 Å². The summed E-state index contributed by atoms with van der Waals surface area (Å²) in [6.07, 6.45) is 0. The molecule has 2 aromatic rings. The molecule has 0 fully saturated rings. The van der Waals surface area contributed by atoms with Crippen LogP contribution in [-0.4, -0.2) is 11.9 Å². The quantitative estimate of drug-likeness (QED) is 0.832. The van der Waals surface area contributed by atoms with Gasteiger partial charge in [0.05, 0.1) is 6.04 Å². The first-order valence-corrected chi connectivity index (χ1v) is 7.80. The Bertz CT molecular complexity index is 646. The number of carbonyl (C=O) groups excluding carboxylic acids is 1. The maximum absolute atomic E-state index is 12.2. The molecule has 0 radical (unpaired) electrons. The molecule has 0 aliphatic heterocycles. The Balaban J connectivity index is 1.98. The Morgan fingerprint density at radius 3 is 2.36 bits per heavy atom. The first kappa shape index (κ1) is 16.8. The van der Waals surface area contributed by atoms with Crippen LogP contribution in [0.3, 0.4) is 0 Å². The van der Waals surface area contributed by atoms with Gasteiger partial charge in [-0.1, -0.05) is 47.5 Å². The van der Waals surface area contributed by atoms with E-state index < -0.39 is 0 Å². The molecule has 5 heteroatoms. The molecule has 2 rings (SSSR count). The maximum Gasteiger partial charge on any atom is 0.241 e. The van der Waals surface area contributed by atoms with Crippen LogP contribution in [-0.2, 0) is 4.79 Å². The van der Waals surface area contributed by atoms with Gasteiger partial charge in [0.15, 0.2) is 0 Å². The highest BCUT2D eigenvalue weighted by atomic mass is 35.5. The number of carbonyl (C=O) groups is 1. The Hall–Kier alpha value is -1.55. The SMILES string of the molecule is CC(NC(C)c1ccc(Cl)cc1Cl)C(=O)Nc1ccccc1. The lowest BCUT2D eigenvalue weighted by Gasteiger charge is -2.21. The topological polar surface area (TPSA) is 41.1 Å². The van der Waals surface area contributed by atoms with Crippen molar-refractivity contribution in [2.45, 2.75) is 25.9 Å². The van der Waals surface area contributed by atoms with Gasteiger partial charge in [-0.05, 0) is 43.7 Å². The molecule has 3 nitrogen and oxygen atoms in total. The molecule has 0 heterocycles. The van der Waals surface area contributed by atoms with Crippen molar-refractivity contribution in [3.63, 3.8) is 0 Å². The summed E-state index contributed by atoms with van der Waals surface area (Å²) in [7, 11) is 0. The first-order chi connectivity index (χ1) is 10.5. The molecule has 2 N–H and O–H groups in total. The highest BCUT2D eigenvalue weighted by Gasteiger charge is 2.18. The average molecular weight is 337 g/mol. The molecule has 0 bridgehead atoms. The molecule has 22 heavy (non-hydrogen) atoms. The fourth-order valence-electron chi connectivity index (χ4n) is 2.17. The van der Waals surface area contributed by atoms with Gasteiger partial charge in [0.25, 0.3) is 0 Å². The third-order valence-corrected chi connectivity index (χ3v) is 3.93. The number of nitrogens with one attached hydrogen (secondary N) is 2. The van der Waals surface area contributed by atoms with E-state index in [4.69, 9.17) is 23.2 Å². The van der Waals surface area contributed by atoms with Crippen LogP contribution in [0.15, 0.2) is 48.5 Å². The van der Waals surface area contributed by atoms with Crippen LogP contribution in [0.1, 0.15) is 25.5 Å². The zero-order chi connectivity index (χ0) is 16.1. The second kappa shape index (κ2) is 7.63. The number of hydrogen-bond acceptors (Lipinski definition) is 2. The summed E-state index contributed by atoms with van der Waals surface area (Å²) in [6.45, 7) is 3.78. The normalized spacial score (nSPS) is 13.5. The molecule has 0 saturated heterocycles. The first-order valence-electron chi connectivity index (χ1n) is 7.04. The highest BCUT2D eigenvalue weighted by Crippen LogP contribution is 2.26. The van der Waals surface area contributed by atoms with Crippen LogP contribution in [0.2, 0.25) is 10.0 Å². The Morgan fingerprint density at radius 2 is 1.73 bits per heavy atom. The van der Waals surface area contributed by atoms with Crippen LogP contribution < -0.4 is 10.6 Å². The van der Waals surface area contributed by atoms with Crippen molar-refractivity contribution in [3.05, 3.63) is 64.1 Å². The van der Waals surface area contributed by atoms with Crippen LogP contribution in [0.25, 0.3) is 0 Å². The van der Waals surface area contributed by atoms with Crippen molar-refractivity contribution in [3.8, 4) is 0 Å². The number of anilines is 1. The van der Waals surface area contributed by atoms with Crippen molar-refractivity contribution in [1.29, 1.82) is 0 Å². The third kappa shape index (κ3) is 4.47. The highest BCUT2D eigenvalue weighted by molar-refractivity contribution is 6.35. The molecule has 0 spiro atoms. The molecule has 2 unspecified atom stereocenters. The van der Waals surface area contributed by atoms with Gasteiger partial charge in [-0.3, -0.25) is 10.1 Å². The lowest BCUT2D eigenvalue weighted by Crippen LogP contribution is -2.39. The second-order valence-corrected chi connectivity index (χ2v) is 5.97. The van der Waals surface area contributed by atoms with E-state index in [-0.39, 0.29) is 18.0 Å². The van der Waals surface area contributed by atoms with Gasteiger partial charge in [-0.25, -0.2) is 0 Å². The Kier molecular flexibility index (Phi) is 5.83. The van der Waals surface area contributed by atoms with Crippen molar-refractivity contribution in [2.24, 2.45) is 0 Å². The van der Waals surface area contributed by atoms with Gasteiger partial charge in [0.1, 0.15) is 0 Å². The molecule has 0 aliphatic carbocycles. The lowest BCUT2D eigenvalue weighted by molar-refractivity contribution is -0.117. The predicted octanol–water partition coefficient (Wildman–Crippen LogP) is 4.67. The summed E-state index contributed by atoms with van der Waals surface area (Å²) in [5.41, 5.74) is 1.68. The zero-order valence-electron chi connectivity index (χ0n) is 12.4. The fourth-order valence-corrected chi connectivity index (χ4v) is 2.74. The van der Waals surface area contributed by atoms with E-state index in [1.54, 1.807) is 12.1 Å². The zero-order valence-corrected chi connectivity index (χ0v) is 13.9. The van der Waals surface area contributed by atoms with E-state index >= 15 is 0 Å². The number of benzene rings is 2. The van der Waals surface area contributed by atoms with Gasteiger partial charge in [-0.15, -0.1) is 0 Å². The summed E-state index contributed by atoms with van der Waals surface area (Å²) in [5, 5.41) is 7.28. The van der Waals surface area contributed by atoms with E-state index in [0.29, 0.717) is 10.0 Å². The molecule has 0 aliphatic rings. The number of hydrogen-bond donors (Lipinski definition) is 2. The molecule has 116 valence electrons. The van der Waals surface area contributed by atoms with Crippen molar-refractivity contribution >= 4 is 34.8 Å². The average Bonchev–Trinajstić information content (AvgIpc) is 2.47. The summed E-state index contributed by atoms with van der Waals surface area (Å²) in [6, 6.07) is 14.3. The fraction of sp³-hybridized carbons (Fsp3) is 0.235. The largest absolute Gasteiger partial charge is 0.325 e. The monoisotopic (exact) mass is 336 g/mol. The van der Waals surface area contributed by atoms with Crippen LogP contribution in [0, 0.1) is 0 Å². The standard InChI is InChI=1S/C17H18Cl2N2O/c1-11(15-9-8-13(18)10-16(15)19)20-12(2)17(22)21-14-6-4-3-5-7-14/h3-12,20H,1-2H3,(H,21,22). The smallest absolute Gasteiger partial charge is 0.241 e.